The van der Waals surface area contributed by atoms with Crippen LogP contribution in [0.1, 0.15) is 31.7 Å². The lowest BCUT2D eigenvalue weighted by atomic mass is 9.91. The van der Waals surface area contributed by atoms with Gasteiger partial charge in [0.15, 0.2) is 0 Å². The van der Waals surface area contributed by atoms with Crippen LogP contribution in [0.2, 0.25) is 0 Å². The molecule has 0 amide bonds. The van der Waals surface area contributed by atoms with E-state index in [1.165, 1.54) is 42.0 Å². The van der Waals surface area contributed by atoms with E-state index in [0.717, 1.165) is 13.1 Å². The first-order valence-corrected chi connectivity index (χ1v) is 6.87. The zero-order valence-electron chi connectivity index (χ0n) is 11.2. The first kappa shape index (κ1) is 11.5. The Labute approximate surface area is 109 Å². The molecule has 1 aromatic carbocycles. The molecule has 96 valence electrons. The molecule has 18 heavy (non-hydrogen) atoms. The van der Waals surface area contributed by atoms with Gasteiger partial charge in [-0.2, -0.15) is 0 Å². The first-order chi connectivity index (χ1) is 8.83. The maximum atomic E-state index is 3.64. The van der Waals surface area contributed by atoms with Crippen molar-refractivity contribution in [2.24, 2.45) is 0 Å². The summed E-state index contributed by atoms with van der Waals surface area (Å²) in [5.74, 6) is 1.37. The van der Waals surface area contributed by atoms with Gasteiger partial charge < -0.3 is 15.5 Å². The second-order valence-corrected chi connectivity index (χ2v) is 5.03. The van der Waals surface area contributed by atoms with Crippen molar-refractivity contribution in [3.63, 3.8) is 0 Å². The van der Waals surface area contributed by atoms with E-state index in [1.54, 1.807) is 5.57 Å². The summed E-state index contributed by atoms with van der Waals surface area (Å²) in [6.45, 7) is 4.30. The predicted molar refractivity (Wildman–Crippen MR) is 76.6 cm³/mol. The lowest BCUT2D eigenvalue weighted by Crippen LogP contribution is -2.34. The highest BCUT2D eigenvalue weighted by atomic mass is 15.3. The van der Waals surface area contributed by atoms with E-state index in [1.807, 2.05) is 7.05 Å². The Kier molecular flexibility index (Phi) is 2.90. The number of fused-ring (bicyclic) bond motifs is 1. The third-order valence-corrected chi connectivity index (χ3v) is 4.04. The van der Waals surface area contributed by atoms with Gasteiger partial charge in [-0.15, -0.1) is 0 Å². The lowest BCUT2D eigenvalue weighted by molar-refractivity contribution is 0.339. The molecular formula is C15H21N3. The van der Waals surface area contributed by atoms with E-state index in [9.17, 15) is 0 Å². The zero-order chi connectivity index (χ0) is 12.5. The summed E-state index contributed by atoms with van der Waals surface area (Å²) in [6.07, 6.45) is 3.88. The monoisotopic (exact) mass is 243 g/mol. The second kappa shape index (κ2) is 4.56. The molecule has 3 heteroatoms. The number of rotatable bonds is 2. The fourth-order valence-corrected chi connectivity index (χ4v) is 2.76. The Morgan fingerprint density at radius 3 is 2.78 bits per heavy atom. The second-order valence-electron chi connectivity index (χ2n) is 5.03. The molecule has 0 unspecified atom stereocenters. The molecule has 0 atom stereocenters. The molecule has 3 nitrogen and oxygen atoms in total. The molecule has 0 aromatic heterocycles. The van der Waals surface area contributed by atoms with Crippen molar-refractivity contribution in [1.82, 2.24) is 4.90 Å². The average Bonchev–Trinajstić information content (AvgIpc) is 2.35. The van der Waals surface area contributed by atoms with Crippen molar-refractivity contribution in [2.45, 2.75) is 32.7 Å². The molecule has 1 aliphatic carbocycles. The van der Waals surface area contributed by atoms with E-state index in [0.29, 0.717) is 0 Å². The Morgan fingerprint density at radius 2 is 2.17 bits per heavy atom. The minimum absolute atomic E-state index is 1.01. The van der Waals surface area contributed by atoms with Gasteiger partial charge in [-0.05, 0) is 43.9 Å². The zero-order valence-corrected chi connectivity index (χ0v) is 11.2. The van der Waals surface area contributed by atoms with E-state index in [4.69, 9.17) is 0 Å². The number of anilines is 2. The minimum Gasteiger partial charge on any atom is -0.388 e. The van der Waals surface area contributed by atoms with Crippen LogP contribution in [0, 0.1) is 0 Å². The van der Waals surface area contributed by atoms with E-state index < -0.39 is 0 Å². The third kappa shape index (κ3) is 1.74. The van der Waals surface area contributed by atoms with Crippen LogP contribution in [-0.2, 0) is 6.54 Å². The molecular weight excluding hydrogens is 222 g/mol. The fourth-order valence-electron chi connectivity index (χ4n) is 2.76. The molecule has 1 aliphatic heterocycles. The lowest BCUT2D eigenvalue weighted by Gasteiger charge is -2.38. The maximum absolute atomic E-state index is 3.64. The van der Waals surface area contributed by atoms with Crippen molar-refractivity contribution in [2.75, 3.05) is 24.2 Å². The number of hydrogen-bond donors (Lipinski definition) is 2. The molecule has 0 spiro atoms. The van der Waals surface area contributed by atoms with Crippen LogP contribution in [0.5, 0.6) is 0 Å². The molecule has 2 N–H and O–H groups in total. The van der Waals surface area contributed by atoms with E-state index in [2.05, 4.69) is 40.7 Å². The molecule has 2 aliphatic rings. The Balaban J connectivity index is 2.01. The summed E-state index contributed by atoms with van der Waals surface area (Å²) in [5.41, 5.74) is 5.47. The highest BCUT2D eigenvalue weighted by Gasteiger charge is 2.25. The highest BCUT2D eigenvalue weighted by Crippen LogP contribution is 2.37. The Morgan fingerprint density at radius 1 is 1.33 bits per heavy atom. The maximum Gasteiger partial charge on any atom is 0.105 e. The summed E-state index contributed by atoms with van der Waals surface area (Å²) < 4.78 is 0. The SMILES string of the molecule is CCN1Cc2c(NC)cccc2NC1=C1CCC1. The van der Waals surface area contributed by atoms with Crippen LogP contribution in [-0.4, -0.2) is 18.5 Å². The van der Waals surface area contributed by atoms with Crippen LogP contribution >= 0.6 is 0 Å². The summed E-state index contributed by atoms with van der Waals surface area (Å²) in [6, 6.07) is 6.45. The number of hydrogen-bond acceptors (Lipinski definition) is 3. The van der Waals surface area contributed by atoms with Gasteiger partial charge >= 0.3 is 0 Å². The van der Waals surface area contributed by atoms with Crippen molar-refractivity contribution in [3.8, 4) is 0 Å². The van der Waals surface area contributed by atoms with Gasteiger partial charge in [-0.1, -0.05) is 6.07 Å². The van der Waals surface area contributed by atoms with Gasteiger partial charge in [0, 0.05) is 37.1 Å². The molecule has 3 rings (SSSR count). The summed E-state index contributed by atoms with van der Waals surface area (Å²) in [5, 5.41) is 6.93. The Bertz CT molecular complexity index is 485. The summed E-state index contributed by atoms with van der Waals surface area (Å²) >= 11 is 0. The van der Waals surface area contributed by atoms with Gasteiger partial charge in [0.1, 0.15) is 5.82 Å². The number of nitrogens with one attached hydrogen (secondary N) is 2. The summed E-state index contributed by atoms with van der Waals surface area (Å²) in [7, 11) is 1.99. The molecule has 1 fully saturated rings. The molecule has 0 bridgehead atoms. The van der Waals surface area contributed by atoms with Crippen LogP contribution in [0.15, 0.2) is 29.6 Å². The van der Waals surface area contributed by atoms with Gasteiger partial charge in [0.25, 0.3) is 0 Å². The molecule has 0 saturated heterocycles. The predicted octanol–water partition coefficient (Wildman–Crippen LogP) is 3.37. The normalized spacial score (nSPS) is 18.0. The topological polar surface area (TPSA) is 27.3 Å². The van der Waals surface area contributed by atoms with Gasteiger partial charge in [0.2, 0.25) is 0 Å². The van der Waals surface area contributed by atoms with Crippen molar-refractivity contribution < 1.29 is 0 Å². The molecule has 0 radical (unpaired) electrons. The fraction of sp³-hybridized carbons (Fsp3) is 0.467. The summed E-state index contributed by atoms with van der Waals surface area (Å²) in [4.78, 5) is 2.46. The van der Waals surface area contributed by atoms with Crippen molar-refractivity contribution >= 4 is 11.4 Å². The highest BCUT2D eigenvalue weighted by molar-refractivity contribution is 5.69. The van der Waals surface area contributed by atoms with E-state index >= 15 is 0 Å². The Hall–Kier alpha value is -1.64. The molecule has 1 heterocycles. The first-order valence-electron chi connectivity index (χ1n) is 6.87. The quantitative estimate of drug-likeness (QED) is 0.834. The van der Waals surface area contributed by atoms with Crippen molar-refractivity contribution in [1.29, 1.82) is 0 Å². The number of nitrogens with zero attached hydrogens (tertiary/aromatic N) is 1. The minimum atomic E-state index is 1.01. The smallest absolute Gasteiger partial charge is 0.105 e. The van der Waals surface area contributed by atoms with Gasteiger partial charge in [-0.25, -0.2) is 0 Å². The van der Waals surface area contributed by atoms with Crippen molar-refractivity contribution in [3.05, 3.63) is 35.2 Å². The standard InChI is InChI=1S/C15H21N3/c1-3-18-10-12-13(16-2)8-5-9-14(12)17-15(18)11-6-4-7-11/h5,8-9,16-17H,3-4,6-7,10H2,1-2H3. The number of allylic oxidation sites excluding steroid dienone is 1. The van der Waals surface area contributed by atoms with Crippen LogP contribution in [0.25, 0.3) is 0 Å². The largest absolute Gasteiger partial charge is 0.388 e. The third-order valence-electron chi connectivity index (χ3n) is 4.04. The number of benzene rings is 1. The molecule has 1 saturated carbocycles. The van der Waals surface area contributed by atoms with Gasteiger partial charge in [-0.3, -0.25) is 0 Å². The van der Waals surface area contributed by atoms with Gasteiger partial charge in [0.05, 0.1) is 0 Å². The van der Waals surface area contributed by atoms with Crippen LogP contribution < -0.4 is 10.6 Å². The van der Waals surface area contributed by atoms with Crippen LogP contribution in [0.4, 0.5) is 11.4 Å². The van der Waals surface area contributed by atoms with E-state index in [-0.39, 0.29) is 0 Å². The average molecular weight is 243 g/mol. The van der Waals surface area contributed by atoms with Crippen LogP contribution in [0.3, 0.4) is 0 Å². The molecule has 1 aromatic rings.